The first-order valence-electron chi connectivity index (χ1n) is 6.91. The van der Waals surface area contributed by atoms with Gasteiger partial charge in [-0.25, -0.2) is 0 Å². The summed E-state index contributed by atoms with van der Waals surface area (Å²) < 4.78 is 0. The molecule has 5 nitrogen and oxygen atoms in total. The molecule has 2 unspecified atom stereocenters. The van der Waals surface area contributed by atoms with Crippen LogP contribution in [0.5, 0.6) is 0 Å². The lowest BCUT2D eigenvalue weighted by Crippen LogP contribution is -2.48. The van der Waals surface area contributed by atoms with E-state index in [0.29, 0.717) is 17.0 Å². The Bertz CT molecular complexity index is 600. The molecule has 1 aromatic heterocycles. The normalized spacial score (nSPS) is 21.5. The van der Waals surface area contributed by atoms with Crippen molar-refractivity contribution >= 4 is 23.2 Å². The predicted molar refractivity (Wildman–Crippen MR) is 82.7 cm³/mol. The van der Waals surface area contributed by atoms with E-state index in [1.807, 2.05) is 18.4 Å². The Kier molecular flexibility index (Phi) is 4.99. The van der Waals surface area contributed by atoms with Crippen LogP contribution in [0.25, 0.3) is 0 Å². The van der Waals surface area contributed by atoms with Gasteiger partial charge < -0.3 is 16.4 Å². The average Bonchev–Trinajstić information content (AvgIpc) is 2.93. The van der Waals surface area contributed by atoms with Gasteiger partial charge in [0.1, 0.15) is 4.88 Å². The molecule has 1 aromatic rings. The fourth-order valence-electron chi connectivity index (χ4n) is 2.47. The van der Waals surface area contributed by atoms with Gasteiger partial charge in [-0.15, -0.1) is 11.3 Å². The number of hydrogen-bond donors (Lipinski definition) is 2. The molecular weight excluding hydrogens is 286 g/mol. The van der Waals surface area contributed by atoms with Gasteiger partial charge in [0.2, 0.25) is 5.91 Å². The molecular formula is C15H19N3O2S. The summed E-state index contributed by atoms with van der Waals surface area (Å²) in [6.45, 7) is 2.64. The Morgan fingerprint density at radius 3 is 2.90 bits per heavy atom. The van der Waals surface area contributed by atoms with Gasteiger partial charge in [0.15, 0.2) is 0 Å². The smallest absolute Gasteiger partial charge is 0.265 e. The highest BCUT2D eigenvalue weighted by Gasteiger charge is 2.33. The quantitative estimate of drug-likeness (QED) is 0.791. The van der Waals surface area contributed by atoms with Crippen LogP contribution < -0.4 is 11.5 Å². The number of primary amides is 1. The Hall–Kier alpha value is -1.84. The summed E-state index contributed by atoms with van der Waals surface area (Å²) in [6.07, 6.45) is 1.53. The summed E-state index contributed by atoms with van der Waals surface area (Å²) in [4.78, 5) is 26.4. The van der Waals surface area contributed by atoms with Crippen LogP contribution in [0.15, 0.2) is 11.4 Å². The Morgan fingerprint density at radius 2 is 2.24 bits per heavy atom. The molecule has 112 valence electrons. The van der Waals surface area contributed by atoms with Gasteiger partial charge in [0.25, 0.3) is 5.91 Å². The minimum absolute atomic E-state index is 0.0789. The van der Waals surface area contributed by atoms with E-state index in [1.54, 1.807) is 4.90 Å². The molecule has 1 saturated heterocycles. The third-order valence-electron chi connectivity index (χ3n) is 3.73. The van der Waals surface area contributed by atoms with Crippen molar-refractivity contribution in [3.8, 4) is 11.8 Å². The van der Waals surface area contributed by atoms with E-state index in [0.717, 1.165) is 12.8 Å². The van der Waals surface area contributed by atoms with Crippen LogP contribution in [0.4, 0.5) is 0 Å². The summed E-state index contributed by atoms with van der Waals surface area (Å²) in [5.41, 5.74) is 11.4. The molecule has 4 N–H and O–H groups in total. The number of likely N-dealkylation sites (tertiary alicyclic amines) is 1. The van der Waals surface area contributed by atoms with Crippen LogP contribution >= 0.6 is 11.3 Å². The van der Waals surface area contributed by atoms with Crippen molar-refractivity contribution in [3.63, 3.8) is 0 Å². The van der Waals surface area contributed by atoms with Crippen molar-refractivity contribution in [1.82, 2.24) is 4.90 Å². The van der Waals surface area contributed by atoms with E-state index in [2.05, 4.69) is 11.8 Å². The highest BCUT2D eigenvalue weighted by molar-refractivity contribution is 7.12. The first-order valence-corrected chi connectivity index (χ1v) is 7.79. The first-order chi connectivity index (χ1) is 10.0. The zero-order valence-electron chi connectivity index (χ0n) is 12.0. The lowest BCUT2D eigenvalue weighted by atomic mass is 9.92. The average molecular weight is 305 g/mol. The fraction of sp³-hybridized carbons (Fsp3) is 0.467. The molecule has 1 aliphatic rings. The molecule has 0 bridgehead atoms. The summed E-state index contributed by atoms with van der Waals surface area (Å²) in [5, 5.41) is 1.84. The lowest BCUT2D eigenvalue weighted by molar-refractivity contribution is -0.123. The van der Waals surface area contributed by atoms with Gasteiger partial charge in [-0.05, 0) is 31.2 Å². The maximum absolute atomic E-state index is 12.7. The van der Waals surface area contributed by atoms with Crippen molar-refractivity contribution in [3.05, 3.63) is 21.9 Å². The molecule has 0 radical (unpaired) electrons. The molecule has 0 spiro atoms. The number of carbonyl (C=O) groups excluding carboxylic acids is 2. The highest BCUT2D eigenvalue weighted by atomic mass is 32.1. The zero-order chi connectivity index (χ0) is 15.4. The summed E-state index contributed by atoms with van der Waals surface area (Å²) >= 11 is 1.36. The molecule has 2 rings (SSSR count). The maximum atomic E-state index is 12.7. The molecule has 2 heterocycles. The van der Waals surface area contributed by atoms with E-state index >= 15 is 0 Å². The Labute approximate surface area is 128 Å². The minimum Gasteiger partial charge on any atom is -0.369 e. The fourth-order valence-corrected chi connectivity index (χ4v) is 3.28. The van der Waals surface area contributed by atoms with Crippen LogP contribution in [0.3, 0.4) is 0 Å². The van der Waals surface area contributed by atoms with Crippen LogP contribution in [0, 0.1) is 17.8 Å². The molecule has 6 heteroatoms. The first kappa shape index (κ1) is 15.5. The van der Waals surface area contributed by atoms with E-state index in [1.165, 1.54) is 11.3 Å². The number of thiophene rings is 1. The third kappa shape index (κ3) is 3.43. The van der Waals surface area contributed by atoms with Gasteiger partial charge in [0.05, 0.1) is 12.5 Å². The van der Waals surface area contributed by atoms with Crippen molar-refractivity contribution in [2.75, 3.05) is 13.1 Å². The third-order valence-corrected chi connectivity index (χ3v) is 4.63. The molecule has 1 aliphatic heterocycles. The molecule has 2 atom stereocenters. The van der Waals surface area contributed by atoms with Crippen LogP contribution in [-0.2, 0) is 4.79 Å². The van der Waals surface area contributed by atoms with Crippen LogP contribution in [0.2, 0.25) is 0 Å². The lowest BCUT2D eigenvalue weighted by Gasteiger charge is -2.36. The van der Waals surface area contributed by atoms with Crippen molar-refractivity contribution in [2.45, 2.75) is 25.8 Å². The standard InChI is InChI=1S/C15H19N3O2S/c1-10-4-5-12(14(17)19)9-18(10)15(20)13-11(3-2-7-16)6-8-21-13/h6,8,10,12H,4-5,7,9,16H2,1H3,(H2,17,19). The number of amides is 2. The Morgan fingerprint density at radius 1 is 1.48 bits per heavy atom. The van der Waals surface area contributed by atoms with E-state index in [4.69, 9.17) is 11.5 Å². The second-order valence-electron chi connectivity index (χ2n) is 5.15. The second kappa shape index (κ2) is 6.74. The van der Waals surface area contributed by atoms with Gasteiger partial charge in [-0.2, -0.15) is 0 Å². The van der Waals surface area contributed by atoms with Crippen molar-refractivity contribution < 1.29 is 9.59 Å². The maximum Gasteiger partial charge on any atom is 0.265 e. The Balaban J connectivity index is 2.22. The number of rotatable bonds is 2. The molecule has 0 aromatic carbocycles. The topological polar surface area (TPSA) is 89.4 Å². The number of nitrogens with zero attached hydrogens (tertiary/aromatic N) is 1. The van der Waals surface area contributed by atoms with Gasteiger partial charge in [0, 0.05) is 18.2 Å². The summed E-state index contributed by atoms with van der Waals surface area (Å²) in [6, 6.07) is 1.92. The number of hydrogen-bond acceptors (Lipinski definition) is 4. The SMILES string of the molecule is CC1CCC(C(N)=O)CN1C(=O)c1sccc1C#CCN. The van der Waals surface area contributed by atoms with E-state index in [-0.39, 0.29) is 30.3 Å². The summed E-state index contributed by atoms with van der Waals surface area (Å²) in [5.74, 6) is 5.01. The molecule has 0 aliphatic carbocycles. The van der Waals surface area contributed by atoms with Crippen molar-refractivity contribution in [2.24, 2.45) is 17.4 Å². The molecule has 0 saturated carbocycles. The van der Waals surface area contributed by atoms with E-state index < -0.39 is 0 Å². The summed E-state index contributed by atoms with van der Waals surface area (Å²) in [7, 11) is 0. The van der Waals surface area contributed by atoms with Crippen LogP contribution in [-0.4, -0.2) is 35.8 Å². The largest absolute Gasteiger partial charge is 0.369 e. The second-order valence-corrected chi connectivity index (χ2v) is 6.07. The number of piperidine rings is 1. The number of nitrogens with two attached hydrogens (primary N) is 2. The zero-order valence-corrected chi connectivity index (χ0v) is 12.8. The number of carbonyl (C=O) groups is 2. The van der Waals surface area contributed by atoms with Crippen LogP contribution in [0.1, 0.15) is 35.0 Å². The minimum atomic E-state index is -0.339. The predicted octanol–water partition coefficient (Wildman–Crippen LogP) is 0.784. The molecule has 2 amide bonds. The molecule has 1 fully saturated rings. The monoisotopic (exact) mass is 305 g/mol. The van der Waals surface area contributed by atoms with E-state index in [9.17, 15) is 9.59 Å². The highest BCUT2D eigenvalue weighted by Crippen LogP contribution is 2.26. The van der Waals surface area contributed by atoms with Gasteiger partial charge >= 0.3 is 0 Å². The molecule has 21 heavy (non-hydrogen) atoms. The van der Waals surface area contributed by atoms with Crippen molar-refractivity contribution in [1.29, 1.82) is 0 Å². The van der Waals surface area contributed by atoms with Gasteiger partial charge in [-0.3, -0.25) is 9.59 Å². The van der Waals surface area contributed by atoms with Gasteiger partial charge in [-0.1, -0.05) is 11.8 Å².